The summed E-state index contributed by atoms with van der Waals surface area (Å²) < 4.78 is 11.9. The van der Waals surface area contributed by atoms with Gasteiger partial charge >= 0.3 is 17.1 Å². The maximum atomic E-state index is 5.97. The second kappa shape index (κ2) is 20.2. The zero-order valence-electron chi connectivity index (χ0n) is 25.3. The molecule has 2 aliphatic rings. The molecule has 0 bridgehead atoms. The van der Waals surface area contributed by atoms with Gasteiger partial charge in [-0.1, -0.05) is 36.8 Å². The van der Waals surface area contributed by atoms with E-state index in [0.717, 1.165) is 57.1 Å². The van der Waals surface area contributed by atoms with Gasteiger partial charge in [0.2, 0.25) is 0 Å². The average Bonchev–Trinajstić information content (AvgIpc) is 3.71. The second-order valence-electron chi connectivity index (χ2n) is 10.4. The quantitative estimate of drug-likeness (QED) is 0.174. The van der Waals surface area contributed by atoms with Gasteiger partial charge < -0.3 is 19.3 Å². The molecule has 2 aromatic carbocycles. The Morgan fingerprint density at radius 3 is 1.32 bits per heavy atom. The van der Waals surface area contributed by atoms with Crippen molar-refractivity contribution in [2.75, 3.05) is 54.5 Å². The van der Waals surface area contributed by atoms with Crippen molar-refractivity contribution in [3.8, 4) is 11.5 Å². The number of rotatable bonds is 14. The number of hydrogen-bond donors (Lipinski definition) is 0. The molecule has 10 radical (unpaired) electrons. The molecule has 4 nitrogen and oxygen atoms in total. The molecule has 4 rings (SSSR count). The first kappa shape index (κ1) is 35.4. The average molecular weight is 595 g/mol. The molecule has 0 aromatic heterocycles. The summed E-state index contributed by atoms with van der Waals surface area (Å²) >= 11 is 0. The minimum atomic E-state index is 0. The van der Waals surface area contributed by atoms with Gasteiger partial charge in [-0.15, -0.1) is 0 Å². The molecule has 0 spiro atoms. The molecule has 2 aromatic rings. The smallest absolute Gasteiger partial charge is 0.494 e. The first-order chi connectivity index (χ1) is 19.5. The van der Waals surface area contributed by atoms with Crippen LogP contribution in [0.2, 0.25) is 0 Å². The van der Waals surface area contributed by atoms with Crippen LogP contribution < -0.4 is 9.47 Å². The fourth-order valence-corrected chi connectivity index (χ4v) is 4.51. The van der Waals surface area contributed by atoms with Crippen LogP contribution in [-0.2, 0) is 17.1 Å². The van der Waals surface area contributed by atoms with E-state index in [0.29, 0.717) is 0 Å². The van der Waals surface area contributed by atoms with Crippen molar-refractivity contribution in [3.05, 3.63) is 129 Å². The van der Waals surface area contributed by atoms with Gasteiger partial charge in [0, 0.05) is 19.0 Å². The minimum absolute atomic E-state index is 0. The summed E-state index contributed by atoms with van der Waals surface area (Å²) in [4.78, 5) is 4.36. The Kier molecular flexibility index (Phi) is 17.4. The van der Waals surface area contributed by atoms with Crippen LogP contribution in [0.4, 0.5) is 0 Å². The van der Waals surface area contributed by atoms with Crippen LogP contribution in [-0.4, -0.2) is 64.3 Å². The van der Waals surface area contributed by atoms with Gasteiger partial charge in [0.25, 0.3) is 0 Å². The fourth-order valence-electron chi connectivity index (χ4n) is 4.51. The van der Waals surface area contributed by atoms with E-state index in [1.807, 2.05) is 32.1 Å². The Morgan fingerprint density at radius 2 is 0.976 bits per heavy atom. The van der Waals surface area contributed by atoms with Crippen LogP contribution in [0.1, 0.15) is 37.3 Å². The summed E-state index contributed by atoms with van der Waals surface area (Å²) in [5.41, 5.74) is 5.00. The number of ether oxygens (including phenoxy) is 2. The van der Waals surface area contributed by atoms with E-state index in [1.54, 1.807) is 0 Å². The minimum Gasteiger partial charge on any atom is -0.494 e. The third-order valence-electron chi connectivity index (χ3n) is 6.54. The van der Waals surface area contributed by atoms with Crippen LogP contribution in [0.25, 0.3) is 5.57 Å². The molecule has 0 amide bonds. The zero-order chi connectivity index (χ0) is 28.6. The van der Waals surface area contributed by atoms with Gasteiger partial charge in [-0.05, 0) is 146 Å². The van der Waals surface area contributed by atoms with Crippen LogP contribution in [0, 0.1) is 63.7 Å². The molecule has 218 valence electrons. The van der Waals surface area contributed by atoms with Crippen LogP contribution >= 0.6 is 0 Å². The van der Waals surface area contributed by atoms with E-state index in [-0.39, 0.29) is 17.1 Å². The number of hydrogen-bond acceptors (Lipinski definition) is 4. The summed E-state index contributed by atoms with van der Waals surface area (Å²) in [5.74, 6) is 3.11. The number of nitrogens with zero attached hydrogens (tertiary/aromatic N) is 2. The van der Waals surface area contributed by atoms with Crippen molar-refractivity contribution >= 4 is 5.57 Å². The molecule has 2 saturated carbocycles. The van der Waals surface area contributed by atoms with Crippen molar-refractivity contribution in [1.82, 2.24) is 9.80 Å². The van der Waals surface area contributed by atoms with Crippen molar-refractivity contribution in [2.45, 2.75) is 26.2 Å². The summed E-state index contributed by atoms with van der Waals surface area (Å²) in [6, 6.07) is 17.1. The molecular formula is C36H46FeN2O2+2. The van der Waals surface area contributed by atoms with Crippen LogP contribution in [0.3, 0.4) is 0 Å². The summed E-state index contributed by atoms with van der Waals surface area (Å²) in [7, 11) is 8.35. The van der Waals surface area contributed by atoms with Crippen molar-refractivity contribution in [1.29, 1.82) is 0 Å². The third kappa shape index (κ3) is 13.0. The molecule has 0 unspecified atom stereocenters. The third-order valence-corrected chi connectivity index (χ3v) is 6.54. The van der Waals surface area contributed by atoms with Crippen molar-refractivity contribution < 1.29 is 26.5 Å². The number of allylic oxidation sites excluding steroid dienone is 1. The Balaban J connectivity index is 0.000000883. The maximum Gasteiger partial charge on any atom is 2.00 e. The Labute approximate surface area is 262 Å². The van der Waals surface area contributed by atoms with Gasteiger partial charge in [0.15, 0.2) is 0 Å². The van der Waals surface area contributed by atoms with Gasteiger partial charge in [-0.25, -0.2) is 0 Å². The molecular weight excluding hydrogens is 548 g/mol. The van der Waals surface area contributed by atoms with E-state index in [9.17, 15) is 0 Å². The van der Waals surface area contributed by atoms with Gasteiger partial charge in [-0.3, -0.25) is 0 Å². The van der Waals surface area contributed by atoms with Crippen molar-refractivity contribution in [3.63, 3.8) is 0 Å². The molecule has 41 heavy (non-hydrogen) atoms. The van der Waals surface area contributed by atoms with E-state index in [4.69, 9.17) is 9.47 Å². The van der Waals surface area contributed by atoms with E-state index >= 15 is 0 Å². The first-order valence-electron chi connectivity index (χ1n) is 14.4. The summed E-state index contributed by atoms with van der Waals surface area (Å²) in [6.07, 6.45) is 21.6. The summed E-state index contributed by atoms with van der Waals surface area (Å²) in [5, 5.41) is 0. The molecule has 0 aliphatic heterocycles. The zero-order valence-corrected chi connectivity index (χ0v) is 26.4. The fraction of sp³-hybridized carbons (Fsp3) is 0.333. The summed E-state index contributed by atoms with van der Waals surface area (Å²) in [6.45, 7) is 5.74. The monoisotopic (exact) mass is 594 g/mol. The molecule has 0 heterocycles. The SMILES string of the molecule is CCC([C]1[CH][CH][CH][CH]1)=C(c1ccc(OCCCN(C)C)cc1)c1ccc(OCCCN(C)C)cc1.[CH]1[CH][CH][CH][CH]1.[Fe+2]. The molecule has 5 heteroatoms. The first-order valence-corrected chi connectivity index (χ1v) is 14.4. The molecule has 0 N–H and O–H groups in total. The molecule has 2 fully saturated rings. The standard InChI is InChI=1S/C31H41N2O2.C5H5.Fe/c1-6-30(25-11-7-8-12-25)31(26-13-17-28(18-14-26)34-23-9-21-32(2)3)27-15-19-29(20-16-27)35-24-10-22-33(4)5;1-2-4-5-3-1;/h7-8,11-20H,6,9-10,21-24H2,1-5H3;1-5H;/q;;+2. The molecule has 0 atom stereocenters. The van der Waals surface area contributed by atoms with E-state index < -0.39 is 0 Å². The predicted octanol–water partition coefficient (Wildman–Crippen LogP) is 6.98. The normalized spacial score (nSPS) is 14.9. The molecule has 2 aliphatic carbocycles. The van der Waals surface area contributed by atoms with Gasteiger partial charge in [0.1, 0.15) is 11.5 Å². The topological polar surface area (TPSA) is 24.9 Å². The number of benzene rings is 2. The van der Waals surface area contributed by atoms with Crippen molar-refractivity contribution in [2.24, 2.45) is 0 Å². The maximum absolute atomic E-state index is 5.97. The van der Waals surface area contributed by atoms with Crippen LogP contribution in [0.5, 0.6) is 11.5 Å². The predicted molar refractivity (Wildman–Crippen MR) is 168 cm³/mol. The second-order valence-corrected chi connectivity index (χ2v) is 10.4. The Hall–Kier alpha value is -1.78. The van der Waals surface area contributed by atoms with E-state index in [2.05, 4.69) is 119 Å². The molecule has 0 saturated heterocycles. The van der Waals surface area contributed by atoms with Gasteiger partial charge in [-0.2, -0.15) is 0 Å². The van der Waals surface area contributed by atoms with Crippen LogP contribution in [0.15, 0.2) is 54.1 Å². The largest absolute Gasteiger partial charge is 2.00 e. The Morgan fingerprint density at radius 1 is 0.585 bits per heavy atom. The van der Waals surface area contributed by atoms with E-state index in [1.165, 1.54) is 28.2 Å². The Bertz CT molecular complexity index is 907. The van der Waals surface area contributed by atoms with Gasteiger partial charge in [0.05, 0.1) is 13.2 Å².